The van der Waals surface area contributed by atoms with Crippen LogP contribution < -0.4 is 0 Å². The second kappa shape index (κ2) is 2.92. The number of Topliss-reactive ketones (excluding diaryl/α,β-unsaturated/α-hetero) is 1. The van der Waals surface area contributed by atoms with Crippen LogP contribution in [-0.4, -0.2) is 24.8 Å². The van der Waals surface area contributed by atoms with Crippen LogP contribution in [0.15, 0.2) is 12.2 Å². The molecule has 0 aromatic carbocycles. The van der Waals surface area contributed by atoms with Gasteiger partial charge in [-0.05, 0) is 18.8 Å². The third-order valence-corrected chi connectivity index (χ3v) is 4.24. The summed E-state index contributed by atoms with van der Waals surface area (Å²) in [5, 5.41) is 0. The summed E-state index contributed by atoms with van der Waals surface area (Å²) in [7, 11) is 0. The van der Waals surface area contributed by atoms with Gasteiger partial charge in [-0.25, -0.2) is 0 Å². The maximum absolute atomic E-state index is 12.1. The van der Waals surface area contributed by atoms with E-state index in [2.05, 4.69) is 19.1 Å². The summed E-state index contributed by atoms with van der Waals surface area (Å²) in [5.41, 5.74) is -0.144. The van der Waals surface area contributed by atoms with Crippen LogP contribution in [0.2, 0.25) is 0 Å². The number of allylic oxidation sites excluding steroid dienone is 2. The first kappa shape index (κ1) is 9.55. The molecule has 82 valence electrons. The van der Waals surface area contributed by atoms with E-state index in [1.165, 1.54) is 0 Å². The van der Waals surface area contributed by atoms with Gasteiger partial charge in [-0.2, -0.15) is 0 Å². The molecule has 0 unspecified atom stereocenters. The third-order valence-electron chi connectivity index (χ3n) is 4.24. The van der Waals surface area contributed by atoms with Crippen LogP contribution in [0, 0.1) is 11.3 Å². The Morgan fingerprint density at radius 1 is 1.40 bits per heavy atom. The molecule has 2 atom stereocenters. The topological polar surface area (TPSA) is 35.5 Å². The first-order valence-electron chi connectivity index (χ1n) is 5.67. The first-order valence-corrected chi connectivity index (χ1v) is 5.67. The molecule has 1 saturated heterocycles. The number of fused-ring (bicyclic) bond motifs is 2. The van der Waals surface area contributed by atoms with Crippen molar-refractivity contribution in [1.29, 1.82) is 0 Å². The van der Waals surface area contributed by atoms with Gasteiger partial charge in [-0.1, -0.05) is 19.1 Å². The van der Waals surface area contributed by atoms with E-state index in [1.54, 1.807) is 0 Å². The Bertz CT molecular complexity index is 328. The van der Waals surface area contributed by atoms with E-state index in [1.807, 2.05) is 0 Å². The normalized spacial score (nSPS) is 42.5. The predicted octanol–water partition coefficient (Wildman–Crippen LogP) is 1.67. The van der Waals surface area contributed by atoms with E-state index in [9.17, 15) is 4.79 Å². The quantitative estimate of drug-likeness (QED) is 0.568. The number of hydrogen-bond donors (Lipinski definition) is 0. The summed E-state index contributed by atoms with van der Waals surface area (Å²) in [6, 6.07) is 0. The van der Waals surface area contributed by atoms with Crippen molar-refractivity contribution < 1.29 is 14.3 Å². The van der Waals surface area contributed by atoms with E-state index in [0.717, 1.165) is 12.8 Å². The van der Waals surface area contributed by atoms with Crippen LogP contribution in [0.5, 0.6) is 0 Å². The lowest BCUT2D eigenvalue weighted by atomic mass is 9.70. The summed E-state index contributed by atoms with van der Waals surface area (Å²) >= 11 is 0. The molecule has 0 N–H and O–H groups in total. The molecule has 1 aliphatic heterocycles. The molecule has 1 saturated carbocycles. The molecule has 3 heteroatoms. The largest absolute Gasteiger partial charge is 0.341 e. The van der Waals surface area contributed by atoms with E-state index in [-0.39, 0.29) is 11.2 Å². The van der Waals surface area contributed by atoms with Crippen molar-refractivity contribution in [3.8, 4) is 0 Å². The van der Waals surface area contributed by atoms with Gasteiger partial charge >= 0.3 is 0 Å². The summed E-state index contributed by atoms with van der Waals surface area (Å²) < 4.78 is 11.4. The monoisotopic (exact) mass is 208 g/mol. The van der Waals surface area contributed by atoms with Gasteiger partial charge in [0.05, 0.1) is 13.2 Å². The second-order valence-corrected chi connectivity index (χ2v) is 4.93. The lowest BCUT2D eigenvalue weighted by Gasteiger charge is -2.41. The number of carbonyl (C=O) groups is 1. The Morgan fingerprint density at radius 2 is 2.13 bits per heavy atom. The van der Waals surface area contributed by atoms with Crippen molar-refractivity contribution in [1.82, 2.24) is 0 Å². The maximum atomic E-state index is 12.1. The van der Waals surface area contributed by atoms with Gasteiger partial charge in [0.25, 0.3) is 0 Å². The van der Waals surface area contributed by atoms with Gasteiger partial charge in [-0.3, -0.25) is 4.79 Å². The molecule has 2 aliphatic carbocycles. The molecule has 0 aromatic rings. The average Bonchev–Trinajstić information content (AvgIpc) is 2.78. The highest BCUT2D eigenvalue weighted by molar-refractivity contribution is 5.90. The molecule has 2 fully saturated rings. The molecule has 3 aliphatic rings. The number of ketones is 1. The standard InChI is InChI=1S/C12H16O3/c1-11-5-3-2-4-9(11)8-10(13)12(11)14-6-7-15-12/h2,4,9H,3,5-8H2,1H3/t9-,11+/m1/s1. The smallest absolute Gasteiger partial charge is 0.235 e. The van der Waals surface area contributed by atoms with Crippen molar-refractivity contribution in [2.24, 2.45) is 11.3 Å². The zero-order valence-electron chi connectivity index (χ0n) is 8.99. The molecule has 0 bridgehead atoms. The van der Waals surface area contributed by atoms with Crippen molar-refractivity contribution in [3.05, 3.63) is 12.2 Å². The third kappa shape index (κ3) is 1.00. The van der Waals surface area contributed by atoms with Gasteiger partial charge in [0.2, 0.25) is 5.79 Å². The van der Waals surface area contributed by atoms with E-state index in [4.69, 9.17) is 9.47 Å². The minimum Gasteiger partial charge on any atom is -0.341 e. The van der Waals surface area contributed by atoms with Crippen LogP contribution >= 0.6 is 0 Å². The van der Waals surface area contributed by atoms with E-state index in [0.29, 0.717) is 25.6 Å². The van der Waals surface area contributed by atoms with Crippen molar-refractivity contribution in [3.63, 3.8) is 0 Å². The van der Waals surface area contributed by atoms with Crippen molar-refractivity contribution in [2.75, 3.05) is 13.2 Å². The first-order chi connectivity index (χ1) is 7.19. The van der Waals surface area contributed by atoms with Crippen molar-refractivity contribution >= 4 is 5.78 Å². The number of carbonyl (C=O) groups excluding carboxylic acids is 1. The van der Waals surface area contributed by atoms with Crippen LogP contribution in [-0.2, 0) is 14.3 Å². The minimum absolute atomic E-state index is 0.138. The van der Waals surface area contributed by atoms with Gasteiger partial charge in [0, 0.05) is 11.8 Å². The zero-order valence-corrected chi connectivity index (χ0v) is 8.99. The van der Waals surface area contributed by atoms with Gasteiger partial charge in [0.1, 0.15) is 0 Å². The van der Waals surface area contributed by atoms with E-state index < -0.39 is 5.79 Å². The number of rotatable bonds is 0. The van der Waals surface area contributed by atoms with Crippen LogP contribution in [0.3, 0.4) is 0 Å². The zero-order chi connectivity index (χ0) is 10.5. The molecular weight excluding hydrogens is 192 g/mol. The SMILES string of the molecule is C[C@]12CCC=C[C@@H]1CC(=O)C21OCCO1. The molecule has 0 amide bonds. The lowest BCUT2D eigenvalue weighted by molar-refractivity contribution is -0.217. The van der Waals surface area contributed by atoms with Gasteiger partial charge < -0.3 is 9.47 Å². The Balaban J connectivity index is 2.07. The molecule has 3 rings (SSSR count). The molecular formula is C12H16O3. The fourth-order valence-corrected chi connectivity index (χ4v) is 3.30. The Morgan fingerprint density at radius 3 is 2.87 bits per heavy atom. The fraction of sp³-hybridized carbons (Fsp3) is 0.750. The molecule has 1 spiro atoms. The maximum Gasteiger partial charge on any atom is 0.235 e. The Hall–Kier alpha value is -0.670. The molecule has 0 radical (unpaired) electrons. The Labute approximate surface area is 89.4 Å². The molecule has 1 heterocycles. The molecule has 3 nitrogen and oxygen atoms in total. The van der Waals surface area contributed by atoms with Gasteiger partial charge in [0.15, 0.2) is 5.78 Å². The van der Waals surface area contributed by atoms with Gasteiger partial charge in [-0.15, -0.1) is 0 Å². The summed E-state index contributed by atoms with van der Waals surface area (Å²) in [5.74, 6) is -0.474. The second-order valence-electron chi connectivity index (χ2n) is 4.93. The highest BCUT2D eigenvalue weighted by Gasteiger charge is 2.66. The summed E-state index contributed by atoms with van der Waals surface area (Å²) in [6.45, 7) is 3.24. The summed E-state index contributed by atoms with van der Waals surface area (Å²) in [4.78, 5) is 12.1. The van der Waals surface area contributed by atoms with Crippen LogP contribution in [0.1, 0.15) is 26.2 Å². The lowest BCUT2D eigenvalue weighted by Crippen LogP contribution is -2.50. The molecule has 0 aromatic heterocycles. The van der Waals surface area contributed by atoms with Crippen molar-refractivity contribution in [2.45, 2.75) is 32.0 Å². The predicted molar refractivity (Wildman–Crippen MR) is 54.2 cm³/mol. The number of ether oxygens (including phenoxy) is 2. The molecule has 15 heavy (non-hydrogen) atoms. The van der Waals surface area contributed by atoms with Crippen LogP contribution in [0.4, 0.5) is 0 Å². The summed E-state index contributed by atoms with van der Waals surface area (Å²) in [6.07, 6.45) is 6.93. The highest BCUT2D eigenvalue weighted by atomic mass is 16.7. The Kier molecular flexibility index (Phi) is 1.86. The highest BCUT2D eigenvalue weighted by Crippen LogP contribution is 2.57. The minimum atomic E-state index is -0.914. The van der Waals surface area contributed by atoms with Crippen LogP contribution in [0.25, 0.3) is 0 Å². The average molecular weight is 208 g/mol. The number of hydrogen-bond acceptors (Lipinski definition) is 3. The fourth-order valence-electron chi connectivity index (χ4n) is 3.30. The van der Waals surface area contributed by atoms with E-state index >= 15 is 0 Å².